The number of hydrogen-bond acceptors (Lipinski definition) is 20. The van der Waals surface area contributed by atoms with Gasteiger partial charge in [0.25, 0.3) is 0 Å². The van der Waals surface area contributed by atoms with Gasteiger partial charge in [0.05, 0.1) is 38.7 Å². The molecule has 0 spiro atoms. The number of amides is 2. The molecule has 4 aromatic carbocycles. The number of aliphatic hydroxyl groups excluding tert-OH is 1. The first-order chi connectivity index (χ1) is 29.0. The van der Waals surface area contributed by atoms with Gasteiger partial charge in [0.1, 0.15) is 41.8 Å². The zero-order valence-electron chi connectivity index (χ0n) is 35.4. The molecule has 0 saturated heterocycles. The molecular weight excluding hydrogens is 971 g/mol. The van der Waals surface area contributed by atoms with Gasteiger partial charge in [-0.25, -0.2) is 30.0 Å². The number of anilines is 4. The molecule has 2 amide bonds. The van der Waals surface area contributed by atoms with Gasteiger partial charge in [-0.3, -0.25) is 20.4 Å². The van der Waals surface area contributed by atoms with Crippen LogP contribution in [0.3, 0.4) is 0 Å². The molecule has 0 heterocycles. The quantitative estimate of drug-likeness (QED) is 0.0462. The van der Waals surface area contributed by atoms with E-state index in [0.29, 0.717) is 6.54 Å². The summed E-state index contributed by atoms with van der Waals surface area (Å²) < 4.78 is 107. The maximum absolute atomic E-state index is 13.4. The van der Waals surface area contributed by atoms with Gasteiger partial charge in [0.15, 0.2) is 0 Å². The van der Waals surface area contributed by atoms with Crippen LogP contribution >= 0.6 is 0 Å². The normalized spacial score (nSPS) is 14.1. The van der Waals surface area contributed by atoms with E-state index >= 15 is 0 Å². The molecule has 0 radical (unpaired) electrons. The third-order valence-corrected chi connectivity index (χ3v) is 11.0. The number of ketones is 2. The number of urea groups is 1. The van der Waals surface area contributed by atoms with E-state index in [0.717, 1.165) is 42.5 Å². The number of nitrogens with one attached hydrogen (secondary N) is 4. The standard InChI is InChI=1S/C35H26N6O14S3.C2H7NO.4Na/c1-17-12-24(56(47,48)49)8-11-27(17)39-41-31-29(58(53,54)55)16-20-14-23(7-10-26(20)33(31)43)37-35(46)36-22-6-9-25-19(13-22)15-28(57(50,51)52)30(32(25)42)40-38-21-4-2-18(3-5-21)34(44)45;3-1-2-4;;;;/h2-16,38-39H,1H3,(H,44,45)(H2,36,37,46)(H,47,48,49)(H,50,51,52)(H,53,54,55);4H,1-3H2;;;;/q;;4*+1/p-4/b40-30+,41-31-;;;;;. The Kier molecular flexibility index (Phi) is 23.7. The van der Waals surface area contributed by atoms with Gasteiger partial charge in [-0.05, 0) is 108 Å². The molecule has 7 N–H and O–H groups in total. The Morgan fingerprint density at radius 2 is 1.06 bits per heavy atom. The number of hydrazone groups is 2. The second-order valence-electron chi connectivity index (χ2n) is 12.7. The first kappa shape index (κ1) is 61.0. The van der Waals surface area contributed by atoms with E-state index in [4.69, 9.17) is 10.8 Å². The minimum atomic E-state index is -5.33. The second kappa shape index (κ2) is 25.6. The zero-order chi connectivity index (χ0) is 45.7. The number of carboxylic acid groups (broad SMARTS) is 1. The molecule has 66 heavy (non-hydrogen) atoms. The van der Waals surface area contributed by atoms with E-state index in [1.54, 1.807) is 0 Å². The van der Waals surface area contributed by atoms with Crippen molar-refractivity contribution in [3.8, 4) is 0 Å². The average molecular weight is 1000 g/mol. The van der Waals surface area contributed by atoms with Crippen LogP contribution in [-0.2, 0) is 30.4 Å². The van der Waals surface area contributed by atoms with E-state index in [2.05, 4.69) is 31.7 Å². The van der Waals surface area contributed by atoms with Crippen molar-refractivity contribution < 1.29 is 187 Å². The molecule has 6 rings (SSSR count). The van der Waals surface area contributed by atoms with Crippen LogP contribution in [0.25, 0.3) is 12.2 Å². The summed E-state index contributed by atoms with van der Waals surface area (Å²) in [7, 11) is -15.4. The Morgan fingerprint density at radius 3 is 1.44 bits per heavy atom. The summed E-state index contributed by atoms with van der Waals surface area (Å²) >= 11 is 0. The van der Waals surface area contributed by atoms with Crippen LogP contribution in [-0.4, -0.2) is 92.2 Å². The van der Waals surface area contributed by atoms with Crippen LogP contribution in [0.5, 0.6) is 0 Å². The number of carbonyl (C=O) groups is 4. The van der Waals surface area contributed by atoms with Crippen molar-refractivity contribution in [3.63, 3.8) is 0 Å². The Balaban J connectivity index is 0.00000261. The molecule has 22 nitrogen and oxygen atoms in total. The fourth-order valence-electron chi connectivity index (χ4n) is 5.55. The van der Waals surface area contributed by atoms with Gasteiger partial charge < -0.3 is 45.0 Å². The maximum atomic E-state index is 13.4. The molecule has 324 valence electrons. The maximum Gasteiger partial charge on any atom is 1.00 e. The molecule has 0 unspecified atom stereocenters. The van der Waals surface area contributed by atoms with Crippen LogP contribution < -0.4 is 151 Å². The van der Waals surface area contributed by atoms with Gasteiger partial charge in [0.2, 0.25) is 11.6 Å². The minimum absolute atomic E-state index is 0. The van der Waals surface area contributed by atoms with Gasteiger partial charge in [-0.1, -0.05) is 12.1 Å². The number of fused-ring (bicyclic) bond motifs is 2. The first-order valence-electron chi connectivity index (χ1n) is 17.2. The SMILES string of the molecule is Cc1cc(S(=O)(=O)[O-])ccc1N/N=C1\C(=O)c2ccc(NC(=O)Nc3ccc4c(c3)C=C(S(=O)(=O)[O-])/C(=N\Nc3ccc(C(=O)[O-])cc3)C4=O)cc2C=C1S(=O)(=O)[O-].NCCO.[Na+].[Na+].[Na+].[Na+]. The van der Waals surface area contributed by atoms with E-state index in [9.17, 15) is 63.2 Å². The third kappa shape index (κ3) is 15.5. The van der Waals surface area contributed by atoms with Crippen LogP contribution in [0.15, 0.2) is 104 Å². The van der Waals surface area contributed by atoms with Crippen molar-refractivity contribution in [2.75, 3.05) is 34.6 Å². The van der Waals surface area contributed by atoms with Crippen LogP contribution in [0, 0.1) is 6.92 Å². The number of allylic oxidation sites excluding steroid dienone is 2. The summed E-state index contributed by atoms with van der Waals surface area (Å²) in [5, 5.41) is 31.2. The molecule has 2 aliphatic rings. The number of aliphatic hydroxyl groups is 1. The molecule has 4 aromatic rings. The largest absolute Gasteiger partial charge is 1.00 e. The molecular formula is C37H29N7Na4O15S3. The molecule has 0 fully saturated rings. The molecule has 0 aliphatic heterocycles. The van der Waals surface area contributed by atoms with E-state index in [-0.39, 0.29) is 181 Å². The summed E-state index contributed by atoms with van der Waals surface area (Å²) in [6.07, 6.45) is 1.73. The number of rotatable bonds is 11. The third-order valence-electron chi connectivity index (χ3n) is 8.44. The monoisotopic (exact) mass is 999 g/mol. The van der Waals surface area contributed by atoms with Crippen LogP contribution in [0.2, 0.25) is 0 Å². The van der Waals surface area contributed by atoms with Gasteiger partial charge in [-0.2, -0.15) is 10.2 Å². The molecule has 0 saturated carbocycles. The van der Waals surface area contributed by atoms with Crippen LogP contribution in [0.4, 0.5) is 27.5 Å². The summed E-state index contributed by atoms with van der Waals surface area (Å²) in [4.78, 5) is 48.1. The van der Waals surface area contributed by atoms with Gasteiger partial charge in [0, 0.05) is 29.0 Å². The number of aryl methyl sites for hydroxylation is 1. The number of aromatic carboxylic acids is 1. The number of hydrogen-bond donors (Lipinski definition) is 6. The molecule has 0 aromatic heterocycles. The number of carbonyl (C=O) groups excluding carboxylic acids is 4. The molecule has 2 aliphatic carbocycles. The summed E-state index contributed by atoms with van der Waals surface area (Å²) in [6.45, 7) is 1.88. The van der Waals surface area contributed by atoms with Crippen molar-refractivity contribution in [1.82, 2.24) is 0 Å². The summed E-state index contributed by atoms with van der Waals surface area (Å²) in [6, 6.07) is 14.4. The number of carboxylic acids is 1. The molecule has 0 atom stereocenters. The van der Waals surface area contributed by atoms with E-state index in [1.165, 1.54) is 55.5 Å². The Bertz CT molecular complexity index is 3020. The number of benzene rings is 4. The average Bonchev–Trinajstić information content (AvgIpc) is 3.19. The molecule has 0 bridgehead atoms. The smallest absolute Gasteiger partial charge is 0.744 e. The minimum Gasteiger partial charge on any atom is -0.744 e. The van der Waals surface area contributed by atoms with Crippen molar-refractivity contribution >= 4 is 100 Å². The number of nitrogens with zero attached hydrogens (tertiary/aromatic N) is 2. The van der Waals surface area contributed by atoms with Crippen molar-refractivity contribution in [1.29, 1.82) is 0 Å². The fourth-order valence-corrected chi connectivity index (χ4v) is 7.40. The predicted molar refractivity (Wildman–Crippen MR) is 218 cm³/mol. The summed E-state index contributed by atoms with van der Waals surface area (Å²) in [5.74, 6) is -3.42. The van der Waals surface area contributed by atoms with Gasteiger partial charge in [-0.15, -0.1) is 0 Å². The van der Waals surface area contributed by atoms with Crippen LogP contribution in [0.1, 0.15) is 47.8 Å². The Hall–Kier alpha value is -2.97. The predicted octanol–water partition coefficient (Wildman–Crippen LogP) is -11.0. The molecule has 29 heteroatoms. The van der Waals surface area contributed by atoms with Crippen molar-refractivity contribution in [2.24, 2.45) is 15.9 Å². The van der Waals surface area contributed by atoms with Crippen molar-refractivity contribution in [2.45, 2.75) is 11.8 Å². The summed E-state index contributed by atoms with van der Waals surface area (Å²) in [5.41, 5.74) is 7.90. The van der Waals surface area contributed by atoms with Gasteiger partial charge >= 0.3 is 124 Å². The number of nitrogens with two attached hydrogens (primary N) is 1. The number of Topliss-reactive ketones (excluding diaryl/α,β-unsaturated/α-hetero) is 2. The fraction of sp³-hybridized carbons (Fsp3) is 0.0811. The second-order valence-corrected chi connectivity index (χ2v) is 16.8. The Morgan fingerprint density at radius 1 is 0.636 bits per heavy atom. The zero-order valence-corrected chi connectivity index (χ0v) is 45.9. The Labute approximate surface area is 465 Å². The topological polar surface area (TPSA) is 382 Å². The van der Waals surface area contributed by atoms with E-state index in [1.807, 2.05) is 0 Å². The first-order valence-corrected chi connectivity index (χ1v) is 21.4. The van der Waals surface area contributed by atoms with Crippen molar-refractivity contribution in [3.05, 3.63) is 122 Å². The van der Waals surface area contributed by atoms with E-state index < -0.39 is 80.1 Å².